The van der Waals surface area contributed by atoms with Crippen LogP contribution in [0.2, 0.25) is 0 Å². The molecule has 2 rings (SSSR count). The molecule has 2 fully saturated rings. The minimum absolute atomic E-state index is 0.413. The van der Waals surface area contributed by atoms with E-state index in [0.29, 0.717) is 11.5 Å². The first-order valence-corrected chi connectivity index (χ1v) is 8.78. The third-order valence-corrected chi connectivity index (χ3v) is 5.33. The number of rotatable bonds is 6. The van der Waals surface area contributed by atoms with Crippen molar-refractivity contribution in [1.29, 1.82) is 0 Å². The van der Waals surface area contributed by atoms with Gasteiger partial charge in [-0.05, 0) is 31.7 Å². The first-order chi connectivity index (χ1) is 10.0. The molecule has 2 aliphatic heterocycles. The van der Waals surface area contributed by atoms with Crippen molar-refractivity contribution in [3.05, 3.63) is 0 Å². The molecule has 0 spiro atoms. The van der Waals surface area contributed by atoms with Crippen LogP contribution in [0.3, 0.4) is 0 Å². The van der Waals surface area contributed by atoms with E-state index in [1.165, 1.54) is 45.4 Å². The minimum Gasteiger partial charge on any atom is -0.381 e. The Morgan fingerprint density at radius 3 is 2.57 bits per heavy atom. The van der Waals surface area contributed by atoms with Crippen molar-refractivity contribution in [1.82, 2.24) is 15.1 Å². The van der Waals surface area contributed by atoms with E-state index in [2.05, 4.69) is 42.9 Å². The van der Waals surface area contributed by atoms with Crippen molar-refractivity contribution in [3.8, 4) is 0 Å². The van der Waals surface area contributed by atoms with Gasteiger partial charge in [0.1, 0.15) is 0 Å². The Bertz CT molecular complexity index is 302. The molecular formula is C17H35N3O. The lowest BCUT2D eigenvalue weighted by molar-refractivity contribution is -0.0188. The van der Waals surface area contributed by atoms with Crippen molar-refractivity contribution < 1.29 is 4.74 Å². The first-order valence-electron chi connectivity index (χ1n) is 8.78. The fourth-order valence-electron chi connectivity index (χ4n) is 3.69. The van der Waals surface area contributed by atoms with Crippen LogP contribution < -0.4 is 5.32 Å². The number of ether oxygens (including phenoxy) is 1. The second kappa shape index (κ2) is 7.91. The summed E-state index contributed by atoms with van der Waals surface area (Å²) in [5.41, 5.74) is 0.413. The summed E-state index contributed by atoms with van der Waals surface area (Å²) in [5, 5.41) is 3.69. The van der Waals surface area contributed by atoms with Gasteiger partial charge in [-0.15, -0.1) is 0 Å². The van der Waals surface area contributed by atoms with E-state index in [1.54, 1.807) is 0 Å². The molecule has 4 heteroatoms. The van der Waals surface area contributed by atoms with E-state index in [-0.39, 0.29) is 0 Å². The third-order valence-electron chi connectivity index (χ3n) is 5.33. The van der Waals surface area contributed by atoms with Crippen LogP contribution >= 0.6 is 0 Å². The van der Waals surface area contributed by atoms with Crippen molar-refractivity contribution in [2.45, 2.75) is 52.1 Å². The number of nitrogens with zero attached hydrogens (tertiary/aromatic N) is 2. The summed E-state index contributed by atoms with van der Waals surface area (Å²) in [6.07, 6.45) is 3.67. The van der Waals surface area contributed by atoms with Gasteiger partial charge in [-0.1, -0.05) is 20.8 Å². The summed E-state index contributed by atoms with van der Waals surface area (Å²) >= 11 is 0. The van der Waals surface area contributed by atoms with E-state index in [9.17, 15) is 0 Å². The molecule has 4 nitrogen and oxygen atoms in total. The largest absolute Gasteiger partial charge is 0.381 e. The van der Waals surface area contributed by atoms with Gasteiger partial charge in [0.15, 0.2) is 0 Å². The number of piperazine rings is 1. The topological polar surface area (TPSA) is 27.7 Å². The van der Waals surface area contributed by atoms with Crippen LogP contribution in [0.4, 0.5) is 0 Å². The quantitative estimate of drug-likeness (QED) is 0.809. The predicted octanol–water partition coefficient (Wildman–Crippen LogP) is 1.81. The zero-order valence-corrected chi connectivity index (χ0v) is 14.5. The molecule has 1 unspecified atom stereocenters. The number of hydrogen-bond acceptors (Lipinski definition) is 4. The summed E-state index contributed by atoms with van der Waals surface area (Å²) in [5.74, 6) is 0. The van der Waals surface area contributed by atoms with Gasteiger partial charge in [0.2, 0.25) is 0 Å². The highest BCUT2D eigenvalue weighted by Crippen LogP contribution is 2.32. The first kappa shape index (κ1) is 17.2. The Hall–Kier alpha value is -0.160. The maximum atomic E-state index is 5.63. The molecule has 1 N–H and O–H groups in total. The maximum Gasteiger partial charge on any atom is 0.0472 e. The lowest BCUT2D eigenvalue weighted by atomic mass is 9.79. The van der Waals surface area contributed by atoms with E-state index in [0.717, 1.165) is 25.8 Å². The molecule has 0 aromatic carbocycles. The molecule has 124 valence electrons. The maximum absolute atomic E-state index is 5.63. The molecule has 21 heavy (non-hydrogen) atoms. The fraction of sp³-hybridized carbons (Fsp3) is 1.00. The second-order valence-corrected chi connectivity index (χ2v) is 7.43. The predicted molar refractivity (Wildman–Crippen MR) is 88.8 cm³/mol. The van der Waals surface area contributed by atoms with E-state index in [1.807, 2.05) is 0 Å². The minimum atomic E-state index is 0.413. The molecule has 2 aliphatic rings. The van der Waals surface area contributed by atoms with Gasteiger partial charge in [-0.3, -0.25) is 4.90 Å². The van der Waals surface area contributed by atoms with Crippen LogP contribution in [0.15, 0.2) is 0 Å². The molecule has 2 saturated heterocycles. The molecule has 1 atom stereocenters. The van der Waals surface area contributed by atoms with Crippen molar-refractivity contribution >= 4 is 0 Å². The SMILES string of the molecule is CCC1CN(CC2(CNC(C)C)CCOCC2)CCN1C. The molecule has 0 saturated carbocycles. The van der Waals surface area contributed by atoms with Gasteiger partial charge in [-0.25, -0.2) is 0 Å². The summed E-state index contributed by atoms with van der Waals surface area (Å²) in [6.45, 7) is 14.7. The Balaban J connectivity index is 1.94. The Morgan fingerprint density at radius 2 is 1.95 bits per heavy atom. The van der Waals surface area contributed by atoms with Crippen LogP contribution in [0, 0.1) is 5.41 Å². The molecule has 0 amide bonds. The summed E-state index contributed by atoms with van der Waals surface area (Å²) in [6, 6.07) is 1.30. The van der Waals surface area contributed by atoms with E-state index < -0.39 is 0 Å². The monoisotopic (exact) mass is 297 g/mol. The van der Waals surface area contributed by atoms with E-state index >= 15 is 0 Å². The summed E-state index contributed by atoms with van der Waals surface area (Å²) in [7, 11) is 2.27. The zero-order valence-electron chi connectivity index (χ0n) is 14.5. The molecular weight excluding hydrogens is 262 g/mol. The zero-order chi connectivity index (χ0) is 15.3. The summed E-state index contributed by atoms with van der Waals surface area (Å²) < 4.78 is 5.63. The van der Waals surface area contributed by atoms with E-state index in [4.69, 9.17) is 4.74 Å². The third kappa shape index (κ3) is 4.92. The normalized spacial score (nSPS) is 28.1. The van der Waals surface area contributed by atoms with Gasteiger partial charge >= 0.3 is 0 Å². The van der Waals surface area contributed by atoms with Crippen LogP contribution in [0.5, 0.6) is 0 Å². The Labute approximate surface area is 131 Å². The van der Waals surface area contributed by atoms with Gasteiger partial charge in [0.05, 0.1) is 0 Å². The smallest absolute Gasteiger partial charge is 0.0472 e. The number of hydrogen-bond donors (Lipinski definition) is 1. The van der Waals surface area contributed by atoms with Crippen molar-refractivity contribution in [3.63, 3.8) is 0 Å². The molecule has 0 aromatic heterocycles. The molecule has 0 aromatic rings. The summed E-state index contributed by atoms with van der Waals surface area (Å²) in [4.78, 5) is 5.24. The standard InChI is InChI=1S/C17H35N3O/c1-5-16-12-20(9-8-19(16)4)14-17(13-18-15(2)3)6-10-21-11-7-17/h15-16,18H,5-14H2,1-4H3. The Morgan fingerprint density at radius 1 is 1.24 bits per heavy atom. The molecule has 2 heterocycles. The average Bonchev–Trinajstić information content (AvgIpc) is 2.48. The Kier molecular flexibility index (Phi) is 6.48. The van der Waals surface area contributed by atoms with Gasteiger partial charge in [0, 0.05) is 58.0 Å². The fourth-order valence-corrected chi connectivity index (χ4v) is 3.69. The molecule has 0 aliphatic carbocycles. The highest BCUT2D eigenvalue weighted by atomic mass is 16.5. The molecule has 0 bridgehead atoms. The van der Waals surface area contributed by atoms with Gasteiger partial charge in [0.25, 0.3) is 0 Å². The second-order valence-electron chi connectivity index (χ2n) is 7.43. The number of nitrogens with one attached hydrogen (secondary N) is 1. The van der Waals surface area contributed by atoms with Crippen LogP contribution in [0.1, 0.15) is 40.0 Å². The highest BCUT2D eigenvalue weighted by Gasteiger charge is 2.36. The van der Waals surface area contributed by atoms with Crippen molar-refractivity contribution in [2.75, 3.05) is 53.0 Å². The average molecular weight is 297 g/mol. The lowest BCUT2D eigenvalue weighted by Gasteiger charge is -2.46. The lowest BCUT2D eigenvalue weighted by Crippen LogP contribution is -2.56. The van der Waals surface area contributed by atoms with Crippen LogP contribution in [-0.2, 0) is 4.74 Å². The van der Waals surface area contributed by atoms with Crippen LogP contribution in [-0.4, -0.2) is 74.9 Å². The van der Waals surface area contributed by atoms with Gasteiger partial charge in [-0.2, -0.15) is 0 Å². The van der Waals surface area contributed by atoms with Crippen molar-refractivity contribution in [2.24, 2.45) is 5.41 Å². The highest BCUT2D eigenvalue weighted by molar-refractivity contribution is 4.90. The van der Waals surface area contributed by atoms with Gasteiger partial charge < -0.3 is 15.0 Å². The van der Waals surface area contributed by atoms with Crippen LogP contribution in [0.25, 0.3) is 0 Å². The number of likely N-dealkylation sites (N-methyl/N-ethyl adjacent to an activating group) is 1. The molecule has 0 radical (unpaired) electrons.